The van der Waals surface area contributed by atoms with E-state index in [2.05, 4.69) is 19.9 Å². The third-order valence-corrected chi connectivity index (χ3v) is 3.17. The van der Waals surface area contributed by atoms with Gasteiger partial charge in [-0.15, -0.1) is 0 Å². The minimum absolute atomic E-state index is 0.832. The Morgan fingerprint density at radius 3 is 3.00 bits per heavy atom. The molecule has 0 radical (unpaired) electrons. The number of H-pyrrole nitrogens is 1. The van der Waals surface area contributed by atoms with Crippen molar-refractivity contribution in [2.45, 2.75) is 19.3 Å². The lowest BCUT2D eigenvalue weighted by molar-refractivity contribution is 0.341. The van der Waals surface area contributed by atoms with Gasteiger partial charge in [-0.1, -0.05) is 0 Å². The van der Waals surface area contributed by atoms with Crippen molar-refractivity contribution in [1.29, 1.82) is 0 Å². The number of rotatable bonds is 3. The highest BCUT2D eigenvalue weighted by Gasteiger charge is 2.12. The van der Waals surface area contributed by atoms with E-state index in [1.807, 2.05) is 12.1 Å². The highest BCUT2D eigenvalue weighted by atomic mass is 15.1. The molecule has 0 aliphatic carbocycles. The van der Waals surface area contributed by atoms with Crippen molar-refractivity contribution in [3.63, 3.8) is 0 Å². The molecule has 0 bridgehead atoms. The van der Waals surface area contributed by atoms with Gasteiger partial charge in [-0.25, -0.2) is 9.97 Å². The van der Waals surface area contributed by atoms with E-state index in [1.54, 1.807) is 6.20 Å². The van der Waals surface area contributed by atoms with Crippen LogP contribution >= 0.6 is 0 Å². The molecular weight excluding hydrogens is 200 g/mol. The molecule has 1 saturated heterocycles. The Morgan fingerprint density at radius 2 is 2.19 bits per heavy atom. The van der Waals surface area contributed by atoms with Crippen LogP contribution in [-0.4, -0.2) is 39.5 Å². The third kappa shape index (κ3) is 1.93. The number of hydrogen-bond acceptors (Lipinski definition) is 3. The van der Waals surface area contributed by atoms with E-state index in [1.165, 1.54) is 25.9 Å². The predicted molar refractivity (Wildman–Crippen MR) is 63.3 cm³/mol. The summed E-state index contributed by atoms with van der Waals surface area (Å²) in [5.74, 6) is 1.06. The van der Waals surface area contributed by atoms with Gasteiger partial charge in [0.25, 0.3) is 0 Å². The fraction of sp³-hybridized carbons (Fsp3) is 0.500. The second-order valence-corrected chi connectivity index (χ2v) is 4.36. The molecule has 2 aromatic rings. The Bertz CT molecular complexity index is 438. The number of aromatic nitrogens is 3. The molecule has 0 spiro atoms. The van der Waals surface area contributed by atoms with Crippen molar-refractivity contribution in [3.05, 3.63) is 24.2 Å². The van der Waals surface area contributed by atoms with Gasteiger partial charge in [-0.2, -0.15) is 0 Å². The SMILES string of the molecule is c1cnc2nc(CCN3CCCC3)[nH]c2c1. The maximum atomic E-state index is 4.48. The molecule has 0 atom stereocenters. The number of hydrogen-bond donors (Lipinski definition) is 1. The molecule has 16 heavy (non-hydrogen) atoms. The summed E-state index contributed by atoms with van der Waals surface area (Å²) >= 11 is 0. The van der Waals surface area contributed by atoms with Crippen molar-refractivity contribution in [2.24, 2.45) is 0 Å². The molecule has 1 N–H and O–H groups in total. The van der Waals surface area contributed by atoms with E-state index in [0.717, 1.165) is 30.0 Å². The number of imidazole rings is 1. The van der Waals surface area contributed by atoms with Crippen LogP contribution in [0.2, 0.25) is 0 Å². The van der Waals surface area contributed by atoms with E-state index < -0.39 is 0 Å². The van der Waals surface area contributed by atoms with Gasteiger partial charge in [0.2, 0.25) is 0 Å². The molecule has 0 aromatic carbocycles. The van der Waals surface area contributed by atoms with Crippen LogP contribution in [0.4, 0.5) is 0 Å². The second-order valence-electron chi connectivity index (χ2n) is 4.36. The first kappa shape index (κ1) is 9.78. The number of aromatic amines is 1. The number of nitrogens with zero attached hydrogens (tertiary/aromatic N) is 3. The van der Waals surface area contributed by atoms with Crippen LogP contribution in [0.3, 0.4) is 0 Å². The first-order chi connectivity index (χ1) is 7.92. The third-order valence-electron chi connectivity index (χ3n) is 3.17. The molecule has 1 aliphatic heterocycles. The average Bonchev–Trinajstić information content (AvgIpc) is 2.95. The predicted octanol–water partition coefficient (Wildman–Crippen LogP) is 1.60. The van der Waals surface area contributed by atoms with Gasteiger partial charge in [0.15, 0.2) is 5.65 Å². The molecule has 3 heterocycles. The van der Waals surface area contributed by atoms with Gasteiger partial charge in [0.1, 0.15) is 5.82 Å². The number of nitrogens with one attached hydrogen (secondary N) is 1. The molecule has 0 amide bonds. The Morgan fingerprint density at radius 1 is 1.31 bits per heavy atom. The molecule has 0 saturated carbocycles. The summed E-state index contributed by atoms with van der Waals surface area (Å²) < 4.78 is 0. The zero-order valence-electron chi connectivity index (χ0n) is 9.32. The Labute approximate surface area is 94.7 Å². The Hall–Kier alpha value is -1.42. The van der Waals surface area contributed by atoms with Gasteiger partial charge in [0.05, 0.1) is 5.52 Å². The number of fused-ring (bicyclic) bond motifs is 1. The summed E-state index contributed by atoms with van der Waals surface area (Å²) in [7, 11) is 0. The molecule has 2 aromatic heterocycles. The average molecular weight is 216 g/mol. The van der Waals surface area contributed by atoms with Crippen LogP contribution in [0.5, 0.6) is 0 Å². The molecule has 4 heteroatoms. The summed E-state index contributed by atoms with van der Waals surface area (Å²) in [5.41, 5.74) is 1.87. The Kier molecular flexibility index (Phi) is 2.58. The van der Waals surface area contributed by atoms with Crippen LogP contribution in [0.25, 0.3) is 11.2 Å². The minimum atomic E-state index is 0.832. The normalized spacial score (nSPS) is 17.2. The zero-order valence-corrected chi connectivity index (χ0v) is 9.32. The standard InChI is InChI=1S/C12H16N4/c1-2-8-16(7-1)9-5-11-14-10-4-3-6-13-12(10)15-11/h3-4,6H,1-2,5,7-9H2,(H,13,14,15). The Balaban J connectivity index is 1.69. The summed E-state index contributed by atoms with van der Waals surface area (Å²) in [6, 6.07) is 3.96. The van der Waals surface area contributed by atoms with Gasteiger partial charge in [0, 0.05) is 19.2 Å². The van der Waals surface area contributed by atoms with Crippen molar-refractivity contribution in [3.8, 4) is 0 Å². The summed E-state index contributed by atoms with van der Waals surface area (Å²) in [6.07, 6.45) is 5.48. The lowest BCUT2D eigenvalue weighted by Gasteiger charge is -2.12. The van der Waals surface area contributed by atoms with Crippen LogP contribution in [0.1, 0.15) is 18.7 Å². The fourth-order valence-electron chi connectivity index (χ4n) is 2.28. The number of pyridine rings is 1. The largest absolute Gasteiger partial charge is 0.341 e. The van der Waals surface area contributed by atoms with E-state index >= 15 is 0 Å². The number of likely N-dealkylation sites (tertiary alicyclic amines) is 1. The van der Waals surface area contributed by atoms with Crippen molar-refractivity contribution < 1.29 is 0 Å². The van der Waals surface area contributed by atoms with Crippen molar-refractivity contribution >= 4 is 11.2 Å². The van der Waals surface area contributed by atoms with Crippen molar-refractivity contribution in [2.75, 3.05) is 19.6 Å². The fourth-order valence-corrected chi connectivity index (χ4v) is 2.28. The van der Waals surface area contributed by atoms with E-state index in [4.69, 9.17) is 0 Å². The van der Waals surface area contributed by atoms with Gasteiger partial charge in [-0.3, -0.25) is 0 Å². The first-order valence-electron chi connectivity index (χ1n) is 5.94. The van der Waals surface area contributed by atoms with Crippen LogP contribution in [0.15, 0.2) is 18.3 Å². The highest BCUT2D eigenvalue weighted by Crippen LogP contribution is 2.10. The monoisotopic (exact) mass is 216 g/mol. The van der Waals surface area contributed by atoms with Gasteiger partial charge < -0.3 is 9.88 Å². The molecule has 3 rings (SSSR count). The maximum Gasteiger partial charge on any atom is 0.177 e. The smallest absolute Gasteiger partial charge is 0.177 e. The highest BCUT2D eigenvalue weighted by molar-refractivity contribution is 5.69. The molecule has 84 valence electrons. The molecule has 0 unspecified atom stereocenters. The topological polar surface area (TPSA) is 44.8 Å². The van der Waals surface area contributed by atoms with E-state index in [-0.39, 0.29) is 0 Å². The van der Waals surface area contributed by atoms with Crippen LogP contribution in [-0.2, 0) is 6.42 Å². The second kappa shape index (κ2) is 4.22. The van der Waals surface area contributed by atoms with Crippen LogP contribution in [0, 0.1) is 0 Å². The van der Waals surface area contributed by atoms with E-state index in [9.17, 15) is 0 Å². The summed E-state index contributed by atoms with van der Waals surface area (Å²) in [4.78, 5) is 14.5. The lowest BCUT2D eigenvalue weighted by Crippen LogP contribution is -2.22. The lowest BCUT2D eigenvalue weighted by atomic mass is 10.4. The van der Waals surface area contributed by atoms with Crippen LogP contribution < -0.4 is 0 Å². The van der Waals surface area contributed by atoms with Gasteiger partial charge in [-0.05, 0) is 38.1 Å². The molecule has 4 nitrogen and oxygen atoms in total. The maximum absolute atomic E-state index is 4.48. The minimum Gasteiger partial charge on any atom is -0.341 e. The molecule has 1 aliphatic rings. The van der Waals surface area contributed by atoms with Crippen molar-refractivity contribution in [1.82, 2.24) is 19.9 Å². The van der Waals surface area contributed by atoms with E-state index in [0.29, 0.717) is 0 Å². The zero-order chi connectivity index (χ0) is 10.8. The molecule has 1 fully saturated rings. The summed E-state index contributed by atoms with van der Waals surface area (Å²) in [6.45, 7) is 3.61. The molecular formula is C12H16N4. The first-order valence-corrected chi connectivity index (χ1v) is 5.94. The quantitative estimate of drug-likeness (QED) is 0.847. The summed E-state index contributed by atoms with van der Waals surface area (Å²) in [5, 5.41) is 0. The van der Waals surface area contributed by atoms with Gasteiger partial charge >= 0.3 is 0 Å².